The third-order valence-corrected chi connectivity index (χ3v) is 7.26. The fourth-order valence-electron chi connectivity index (χ4n) is 4.05. The number of piperidine rings is 1. The van der Waals surface area contributed by atoms with E-state index in [2.05, 4.69) is 55.0 Å². The Balaban J connectivity index is 1.79. The highest BCUT2D eigenvalue weighted by Crippen LogP contribution is 2.48. The first-order valence-electron chi connectivity index (χ1n) is 9.98. The molecule has 1 fully saturated rings. The fraction of sp³-hybridized carbons (Fsp3) is 0.348. The van der Waals surface area contributed by atoms with Gasteiger partial charge in [0.15, 0.2) is 0 Å². The van der Waals surface area contributed by atoms with Gasteiger partial charge in [-0.05, 0) is 17.0 Å². The zero-order valence-electron chi connectivity index (χ0n) is 17.6. The van der Waals surface area contributed by atoms with E-state index in [9.17, 15) is 4.79 Å². The zero-order chi connectivity index (χ0) is 21.5. The van der Waals surface area contributed by atoms with E-state index in [0.29, 0.717) is 18.2 Å². The van der Waals surface area contributed by atoms with Crippen LogP contribution in [0.15, 0.2) is 49.2 Å². The van der Waals surface area contributed by atoms with Crippen LogP contribution in [0.25, 0.3) is 10.4 Å². The third-order valence-electron chi connectivity index (χ3n) is 5.93. The summed E-state index contributed by atoms with van der Waals surface area (Å²) in [5.74, 6) is 0.282. The van der Waals surface area contributed by atoms with Crippen molar-refractivity contribution in [2.45, 2.75) is 44.4 Å². The van der Waals surface area contributed by atoms with Crippen LogP contribution < -0.4 is 0 Å². The van der Waals surface area contributed by atoms with Crippen molar-refractivity contribution in [3.63, 3.8) is 0 Å². The average molecular weight is 420 g/mol. The predicted molar refractivity (Wildman–Crippen MR) is 119 cm³/mol. The second-order valence-corrected chi connectivity index (χ2v) is 9.38. The van der Waals surface area contributed by atoms with E-state index in [-0.39, 0.29) is 5.91 Å². The number of amidine groups is 1. The highest BCUT2D eigenvalue weighted by molar-refractivity contribution is 7.15. The number of aromatic nitrogens is 3. The molecular weight excluding hydrogens is 394 g/mol. The lowest BCUT2D eigenvalue weighted by atomic mass is 9.68. The lowest BCUT2D eigenvalue weighted by Gasteiger charge is -2.43. The number of likely N-dealkylation sites (N-methyl/N-ethyl adjacent to an activating group) is 1. The van der Waals surface area contributed by atoms with Gasteiger partial charge in [0.25, 0.3) is 0 Å². The van der Waals surface area contributed by atoms with Crippen LogP contribution in [0.2, 0.25) is 0 Å². The Labute approximate surface area is 180 Å². The van der Waals surface area contributed by atoms with E-state index in [1.807, 2.05) is 6.20 Å². The molecule has 1 amide bonds. The zero-order valence-corrected chi connectivity index (χ0v) is 18.4. The summed E-state index contributed by atoms with van der Waals surface area (Å²) in [5, 5.41) is 9.26. The highest BCUT2D eigenvalue weighted by Gasteiger charge is 2.50. The van der Waals surface area contributed by atoms with Gasteiger partial charge in [0, 0.05) is 43.0 Å². The fourth-order valence-corrected chi connectivity index (χ4v) is 5.11. The first kappa shape index (κ1) is 20.3. The minimum atomic E-state index is -0.599. The lowest BCUT2D eigenvalue weighted by molar-refractivity contribution is -0.131. The Morgan fingerprint density at radius 1 is 1.17 bits per heavy atom. The molecule has 0 bridgehead atoms. The normalized spacial score (nSPS) is 22.0. The van der Waals surface area contributed by atoms with E-state index >= 15 is 0 Å². The van der Waals surface area contributed by atoms with Crippen LogP contribution >= 0.6 is 11.3 Å². The van der Waals surface area contributed by atoms with Crippen molar-refractivity contribution < 1.29 is 4.79 Å². The van der Waals surface area contributed by atoms with Crippen molar-refractivity contribution in [2.24, 2.45) is 0 Å². The Morgan fingerprint density at radius 3 is 2.47 bits per heavy atom. The molecule has 3 heterocycles. The summed E-state index contributed by atoms with van der Waals surface area (Å²) in [4.78, 5) is 28.7. The Hall–Kier alpha value is -2.93. The molecule has 3 aromatic rings. The van der Waals surface area contributed by atoms with Crippen LogP contribution in [0.1, 0.15) is 55.2 Å². The second-order valence-electron chi connectivity index (χ2n) is 8.35. The van der Waals surface area contributed by atoms with Crippen molar-refractivity contribution in [2.75, 3.05) is 7.05 Å². The summed E-state index contributed by atoms with van der Waals surface area (Å²) in [6, 6.07) is 8.31. The summed E-state index contributed by atoms with van der Waals surface area (Å²) >= 11 is 1.54. The molecular formula is C23H25N5OS. The molecule has 2 aromatic heterocycles. The maximum Gasteiger partial charge on any atom is 0.236 e. The standard InChI is InChI=1S/C23H25N5OS/c1-14(2)15-5-7-16(8-6-15)20-21(29)28(4)19(24)9-23(20,3)22-27-12-18(30-22)17-10-25-13-26-11-17/h5-8,10-14,20,24H,9H2,1-4H3/t20?,23-/m0/s1. The van der Waals surface area contributed by atoms with Crippen molar-refractivity contribution in [1.29, 1.82) is 5.41 Å². The van der Waals surface area contributed by atoms with E-state index in [0.717, 1.165) is 21.0 Å². The number of carbonyl (C=O) groups excluding carboxylic acids is 1. The number of nitrogens with one attached hydrogen (secondary N) is 1. The van der Waals surface area contributed by atoms with E-state index in [4.69, 9.17) is 10.4 Å². The number of rotatable bonds is 4. The average Bonchev–Trinajstić information content (AvgIpc) is 3.24. The predicted octanol–water partition coefficient (Wildman–Crippen LogP) is 4.60. The first-order valence-corrected chi connectivity index (χ1v) is 10.8. The minimum absolute atomic E-state index is 0.0640. The van der Waals surface area contributed by atoms with Gasteiger partial charge in [-0.1, -0.05) is 45.0 Å². The SMILES string of the molecule is CC(C)c1ccc(C2C(=O)N(C)C(=N)C[C@]2(C)c2ncc(-c3cncnc3)s2)cc1. The van der Waals surface area contributed by atoms with Crippen LogP contribution in [0.3, 0.4) is 0 Å². The molecule has 0 aliphatic carbocycles. The molecule has 0 radical (unpaired) electrons. The van der Waals surface area contributed by atoms with Gasteiger partial charge in [-0.15, -0.1) is 11.3 Å². The molecule has 1 aromatic carbocycles. The quantitative estimate of drug-likeness (QED) is 0.670. The molecule has 0 saturated carbocycles. The largest absolute Gasteiger partial charge is 0.303 e. The van der Waals surface area contributed by atoms with Crippen LogP contribution in [-0.4, -0.2) is 38.6 Å². The molecule has 1 saturated heterocycles. The maximum absolute atomic E-state index is 13.4. The minimum Gasteiger partial charge on any atom is -0.303 e. The number of benzene rings is 1. The van der Waals surface area contributed by atoms with Crippen LogP contribution in [0, 0.1) is 5.41 Å². The molecule has 1 N–H and O–H groups in total. The van der Waals surface area contributed by atoms with Crippen molar-refractivity contribution in [3.05, 3.63) is 65.3 Å². The summed E-state index contributed by atoms with van der Waals surface area (Å²) < 4.78 is 0. The summed E-state index contributed by atoms with van der Waals surface area (Å²) in [5.41, 5.74) is 2.51. The monoisotopic (exact) mass is 419 g/mol. The van der Waals surface area contributed by atoms with Crippen molar-refractivity contribution in [1.82, 2.24) is 19.9 Å². The summed E-state index contributed by atoms with van der Waals surface area (Å²) in [7, 11) is 1.69. The Morgan fingerprint density at radius 2 is 1.83 bits per heavy atom. The van der Waals surface area contributed by atoms with Gasteiger partial charge >= 0.3 is 0 Å². The molecule has 1 aliphatic rings. The van der Waals surface area contributed by atoms with E-state index < -0.39 is 11.3 Å². The van der Waals surface area contributed by atoms with Crippen molar-refractivity contribution in [3.8, 4) is 10.4 Å². The Bertz CT molecular complexity index is 1080. The van der Waals surface area contributed by atoms with Gasteiger partial charge in [0.2, 0.25) is 5.91 Å². The maximum atomic E-state index is 13.4. The van der Waals surface area contributed by atoms with Gasteiger partial charge in [0.1, 0.15) is 17.2 Å². The molecule has 1 aliphatic heterocycles. The van der Waals surface area contributed by atoms with Crippen LogP contribution in [-0.2, 0) is 10.2 Å². The number of hydrogen-bond donors (Lipinski definition) is 1. The summed E-state index contributed by atoms with van der Waals surface area (Å²) in [6.07, 6.45) is 7.28. The molecule has 4 rings (SSSR count). The molecule has 7 heteroatoms. The van der Waals surface area contributed by atoms with Crippen LogP contribution in [0.4, 0.5) is 0 Å². The van der Waals surface area contributed by atoms with E-state index in [1.54, 1.807) is 30.8 Å². The Kier molecular flexibility index (Phi) is 5.24. The number of likely N-dealkylation sites (tertiary alicyclic amines) is 1. The van der Waals surface area contributed by atoms with Crippen molar-refractivity contribution >= 4 is 23.1 Å². The number of thiazole rings is 1. The van der Waals surface area contributed by atoms with Gasteiger partial charge in [-0.3, -0.25) is 10.2 Å². The first-order chi connectivity index (χ1) is 14.3. The molecule has 6 nitrogen and oxygen atoms in total. The second kappa shape index (κ2) is 7.72. The number of amides is 1. The van der Waals surface area contributed by atoms with Gasteiger partial charge in [-0.2, -0.15) is 0 Å². The number of nitrogens with zero attached hydrogens (tertiary/aromatic N) is 4. The summed E-state index contributed by atoms with van der Waals surface area (Å²) in [6.45, 7) is 6.37. The van der Waals surface area contributed by atoms with Gasteiger partial charge < -0.3 is 4.90 Å². The van der Waals surface area contributed by atoms with E-state index in [1.165, 1.54) is 16.8 Å². The highest BCUT2D eigenvalue weighted by atomic mass is 32.1. The van der Waals surface area contributed by atoms with Gasteiger partial charge in [-0.25, -0.2) is 15.0 Å². The van der Waals surface area contributed by atoms with Crippen LogP contribution in [0.5, 0.6) is 0 Å². The molecule has 154 valence electrons. The smallest absolute Gasteiger partial charge is 0.236 e. The molecule has 30 heavy (non-hydrogen) atoms. The molecule has 0 spiro atoms. The topological polar surface area (TPSA) is 82.8 Å². The molecule has 2 atom stereocenters. The van der Waals surface area contributed by atoms with Gasteiger partial charge in [0.05, 0.1) is 10.8 Å². The lowest BCUT2D eigenvalue weighted by Crippen LogP contribution is -2.52. The number of hydrogen-bond acceptors (Lipinski definition) is 6. The number of carbonyl (C=O) groups is 1. The third kappa shape index (κ3) is 3.43. The molecule has 1 unspecified atom stereocenters.